The molecule has 86 valence electrons. The summed E-state index contributed by atoms with van der Waals surface area (Å²) in [6, 6.07) is 0. The maximum absolute atomic E-state index is 11.3. The first-order chi connectivity index (χ1) is 7.33. The predicted octanol–water partition coefficient (Wildman–Crippen LogP) is 2.19. The molecule has 0 aromatic heterocycles. The molecule has 0 amide bonds. The summed E-state index contributed by atoms with van der Waals surface area (Å²) in [6.45, 7) is 0.133. The lowest BCUT2D eigenvalue weighted by molar-refractivity contribution is -0.149. The summed E-state index contributed by atoms with van der Waals surface area (Å²) in [5.41, 5.74) is 0. The number of hydrogen-bond donors (Lipinski definition) is 1. The Balaban J connectivity index is 2.11. The zero-order chi connectivity index (χ0) is 10.9. The number of rotatable bonds is 5. The van der Waals surface area contributed by atoms with Crippen molar-refractivity contribution in [2.45, 2.75) is 51.0 Å². The highest BCUT2D eigenvalue weighted by atomic mass is 16.5. The van der Waals surface area contributed by atoms with Gasteiger partial charge in [0, 0.05) is 6.61 Å². The zero-order valence-electron chi connectivity index (χ0n) is 9.15. The van der Waals surface area contributed by atoms with Gasteiger partial charge in [0.2, 0.25) is 0 Å². The average Bonchev–Trinajstić information content (AvgIpc) is 2.26. The van der Waals surface area contributed by atoms with Crippen LogP contribution in [0.2, 0.25) is 0 Å². The fourth-order valence-corrected chi connectivity index (χ4v) is 1.79. The number of ether oxygens (including phenoxy) is 1. The minimum absolute atomic E-state index is 0.133. The second-order valence-corrected chi connectivity index (χ2v) is 3.94. The minimum Gasteiger partial charge on any atom is -0.462 e. The van der Waals surface area contributed by atoms with Gasteiger partial charge in [-0.05, 0) is 32.1 Å². The van der Waals surface area contributed by atoms with Gasteiger partial charge in [-0.2, -0.15) is 0 Å². The van der Waals surface area contributed by atoms with E-state index in [0.717, 1.165) is 12.8 Å². The number of carbonyl (C=O) groups is 1. The summed E-state index contributed by atoms with van der Waals surface area (Å²) in [5, 5.41) is 8.53. The normalized spacial score (nSPS) is 18.2. The Morgan fingerprint density at radius 1 is 1.27 bits per heavy atom. The molecule has 0 radical (unpaired) electrons. The van der Waals surface area contributed by atoms with Crippen molar-refractivity contribution in [1.29, 1.82) is 0 Å². The SMILES string of the molecule is O=C(CC=CCCO)OC1CCCCC1. The molecule has 1 N–H and O–H groups in total. The van der Waals surface area contributed by atoms with E-state index < -0.39 is 0 Å². The van der Waals surface area contributed by atoms with Crippen LogP contribution in [0.5, 0.6) is 0 Å². The van der Waals surface area contributed by atoms with Gasteiger partial charge in [-0.1, -0.05) is 18.6 Å². The van der Waals surface area contributed by atoms with E-state index >= 15 is 0 Å². The molecule has 1 rings (SSSR count). The third kappa shape index (κ3) is 5.57. The van der Waals surface area contributed by atoms with Crippen LogP contribution in [0.25, 0.3) is 0 Å². The van der Waals surface area contributed by atoms with Gasteiger partial charge in [0.1, 0.15) is 6.10 Å². The van der Waals surface area contributed by atoms with E-state index in [4.69, 9.17) is 9.84 Å². The molecule has 1 fully saturated rings. The van der Waals surface area contributed by atoms with Crippen LogP contribution in [0.15, 0.2) is 12.2 Å². The number of hydrogen-bond acceptors (Lipinski definition) is 3. The predicted molar refractivity (Wildman–Crippen MR) is 58.4 cm³/mol. The third-order valence-corrected chi connectivity index (χ3v) is 2.60. The fourth-order valence-electron chi connectivity index (χ4n) is 1.79. The molecule has 0 bridgehead atoms. The van der Waals surface area contributed by atoms with Crippen LogP contribution in [0.3, 0.4) is 0 Å². The lowest BCUT2D eigenvalue weighted by Crippen LogP contribution is -2.20. The molecule has 0 saturated heterocycles. The van der Waals surface area contributed by atoms with E-state index in [0.29, 0.717) is 12.8 Å². The molecule has 0 unspecified atom stereocenters. The van der Waals surface area contributed by atoms with Crippen LogP contribution >= 0.6 is 0 Å². The molecule has 1 aliphatic rings. The van der Waals surface area contributed by atoms with Gasteiger partial charge in [-0.15, -0.1) is 0 Å². The van der Waals surface area contributed by atoms with E-state index in [-0.39, 0.29) is 18.7 Å². The molecule has 3 nitrogen and oxygen atoms in total. The molecule has 1 saturated carbocycles. The largest absolute Gasteiger partial charge is 0.462 e. The molecule has 0 aromatic rings. The monoisotopic (exact) mass is 212 g/mol. The molecule has 1 aliphatic carbocycles. The first kappa shape index (κ1) is 12.2. The molecule has 0 spiro atoms. The molecule has 0 heterocycles. The van der Waals surface area contributed by atoms with Gasteiger partial charge >= 0.3 is 5.97 Å². The van der Waals surface area contributed by atoms with Gasteiger partial charge in [-0.25, -0.2) is 0 Å². The maximum Gasteiger partial charge on any atom is 0.309 e. The smallest absolute Gasteiger partial charge is 0.309 e. The Morgan fingerprint density at radius 2 is 2.00 bits per heavy atom. The van der Waals surface area contributed by atoms with Crippen molar-refractivity contribution in [3.05, 3.63) is 12.2 Å². The molecular weight excluding hydrogens is 192 g/mol. The topological polar surface area (TPSA) is 46.5 Å². The summed E-state index contributed by atoms with van der Waals surface area (Å²) in [5.74, 6) is -0.143. The van der Waals surface area contributed by atoms with E-state index in [2.05, 4.69) is 0 Å². The third-order valence-electron chi connectivity index (χ3n) is 2.60. The van der Waals surface area contributed by atoms with Gasteiger partial charge in [0.15, 0.2) is 0 Å². The van der Waals surface area contributed by atoms with Gasteiger partial charge in [-0.3, -0.25) is 4.79 Å². The lowest BCUT2D eigenvalue weighted by Gasteiger charge is -2.21. The molecule has 0 aromatic carbocycles. The number of carbonyl (C=O) groups excluding carboxylic acids is 1. The number of aliphatic hydroxyl groups is 1. The molecule has 3 heteroatoms. The van der Waals surface area contributed by atoms with Crippen molar-refractivity contribution in [1.82, 2.24) is 0 Å². The molecule has 0 aliphatic heterocycles. The van der Waals surface area contributed by atoms with Gasteiger partial charge in [0.25, 0.3) is 0 Å². The second kappa shape index (κ2) is 7.46. The standard InChI is InChI=1S/C12H20O3/c13-10-6-2-5-9-12(14)15-11-7-3-1-4-8-11/h2,5,11,13H,1,3-4,6-10H2. The number of esters is 1. The number of aliphatic hydroxyl groups excluding tert-OH is 1. The van der Waals surface area contributed by atoms with Crippen LogP contribution in [-0.2, 0) is 9.53 Å². The Morgan fingerprint density at radius 3 is 2.67 bits per heavy atom. The maximum atomic E-state index is 11.3. The first-order valence-electron chi connectivity index (χ1n) is 5.78. The van der Waals surface area contributed by atoms with Crippen molar-refractivity contribution in [3.8, 4) is 0 Å². The van der Waals surface area contributed by atoms with Crippen molar-refractivity contribution in [2.24, 2.45) is 0 Å². The highest BCUT2D eigenvalue weighted by Crippen LogP contribution is 2.20. The van der Waals surface area contributed by atoms with Crippen LogP contribution in [0, 0.1) is 0 Å². The summed E-state index contributed by atoms with van der Waals surface area (Å²) in [6.07, 6.45) is 10.3. The first-order valence-corrected chi connectivity index (χ1v) is 5.78. The Hall–Kier alpha value is -0.830. The summed E-state index contributed by atoms with van der Waals surface area (Å²) in [7, 11) is 0. The highest BCUT2D eigenvalue weighted by molar-refractivity contribution is 5.71. The van der Waals surface area contributed by atoms with Crippen molar-refractivity contribution in [3.63, 3.8) is 0 Å². The summed E-state index contributed by atoms with van der Waals surface area (Å²) in [4.78, 5) is 11.3. The zero-order valence-corrected chi connectivity index (χ0v) is 9.15. The highest BCUT2D eigenvalue weighted by Gasteiger charge is 2.16. The minimum atomic E-state index is -0.143. The van der Waals surface area contributed by atoms with E-state index in [1.165, 1.54) is 19.3 Å². The van der Waals surface area contributed by atoms with Gasteiger partial charge < -0.3 is 9.84 Å². The average molecular weight is 212 g/mol. The Bertz CT molecular complexity index is 205. The lowest BCUT2D eigenvalue weighted by atomic mass is 9.98. The van der Waals surface area contributed by atoms with Crippen molar-refractivity contribution in [2.75, 3.05) is 6.61 Å². The second-order valence-electron chi connectivity index (χ2n) is 3.94. The van der Waals surface area contributed by atoms with E-state index in [1.54, 1.807) is 6.08 Å². The molecule has 15 heavy (non-hydrogen) atoms. The molecule has 0 atom stereocenters. The van der Waals surface area contributed by atoms with Crippen LogP contribution in [0.1, 0.15) is 44.9 Å². The van der Waals surface area contributed by atoms with Crippen LogP contribution in [-0.4, -0.2) is 23.8 Å². The van der Waals surface area contributed by atoms with Crippen molar-refractivity contribution < 1.29 is 14.6 Å². The Labute approximate surface area is 91.1 Å². The van der Waals surface area contributed by atoms with Crippen LogP contribution < -0.4 is 0 Å². The van der Waals surface area contributed by atoms with Crippen LogP contribution in [0.4, 0.5) is 0 Å². The summed E-state index contributed by atoms with van der Waals surface area (Å²) < 4.78 is 5.32. The van der Waals surface area contributed by atoms with E-state index in [1.807, 2.05) is 6.08 Å². The quantitative estimate of drug-likeness (QED) is 0.561. The van der Waals surface area contributed by atoms with Gasteiger partial charge in [0.05, 0.1) is 6.42 Å². The summed E-state index contributed by atoms with van der Waals surface area (Å²) >= 11 is 0. The van der Waals surface area contributed by atoms with Crippen molar-refractivity contribution >= 4 is 5.97 Å². The Kier molecular flexibility index (Phi) is 6.09. The molecular formula is C12H20O3. The fraction of sp³-hybridized carbons (Fsp3) is 0.750. The van der Waals surface area contributed by atoms with E-state index in [9.17, 15) is 4.79 Å².